The lowest BCUT2D eigenvalue weighted by atomic mass is 10.1. The zero-order valence-corrected chi connectivity index (χ0v) is 13.2. The van der Waals surface area contributed by atoms with E-state index in [-0.39, 0.29) is 0 Å². The molecule has 0 bridgehead atoms. The largest absolute Gasteiger partial charge is 0.377 e. The Kier molecular flexibility index (Phi) is 3.96. The summed E-state index contributed by atoms with van der Waals surface area (Å²) in [5.41, 5.74) is 4.22. The van der Waals surface area contributed by atoms with Gasteiger partial charge in [0.05, 0.1) is 6.20 Å². The highest BCUT2D eigenvalue weighted by Crippen LogP contribution is 2.32. The van der Waals surface area contributed by atoms with Gasteiger partial charge in [0.25, 0.3) is 0 Å². The average Bonchev–Trinajstić information content (AvgIpc) is 2.97. The van der Waals surface area contributed by atoms with Crippen molar-refractivity contribution in [1.29, 1.82) is 0 Å². The molecule has 0 unspecified atom stereocenters. The smallest absolute Gasteiger partial charge is 0.165 e. The average molecular weight is 295 g/mol. The summed E-state index contributed by atoms with van der Waals surface area (Å²) >= 11 is 0. The molecule has 2 aromatic heterocycles. The summed E-state index contributed by atoms with van der Waals surface area (Å²) < 4.78 is 1.87. The Hall–Kier alpha value is -2.56. The number of fused-ring (bicyclic) bond motifs is 1. The maximum Gasteiger partial charge on any atom is 0.165 e. The van der Waals surface area contributed by atoms with Gasteiger partial charge in [-0.1, -0.05) is 25.1 Å². The van der Waals surface area contributed by atoms with Crippen LogP contribution in [0, 0.1) is 0 Å². The first-order valence-corrected chi connectivity index (χ1v) is 7.55. The molecule has 0 radical (unpaired) electrons. The summed E-state index contributed by atoms with van der Waals surface area (Å²) in [5, 5.41) is 7.91. The topological polar surface area (TPSA) is 45.5 Å². The predicted molar refractivity (Wildman–Crippen MR) is 91.5 cm³/mol. The van der Waals surface area contributed by atoms with Crippen molar-refractivity contribution in [3.8, 4) is 11.1 Å². The van der Waals surface area contributed by atoms with Crippen molar-refractivity contribution in [3.63, 3.8) is 0 Å². The lowest BCUT2D eigenvalue weighted by molar-refractivity contribution is 0.903. The number of aromatic nitrogens is 3. The Morgan fingerprint density at radius 1 is 1.14 bits per heavy atom. The highest BCUT2D eigenvalue weighted by atomic mass is 15.3. The van der Waals surface area contributed by atoms with E-state index in [0.29, 0.717) is 0 Å². The van der Waals surface area contributed by atoms with Crippen molar-refractivity contribution < 1.29 is 0 Å². The molecule has 5 heteroatoms. The van der Waals surface area contributed by atoms with Gasteiger partial charge in [0.2, 0.25) is 0 Å². The lowest BCUT2D eigenvalue weighted by Gasteiger charge is -2.16. The van der Waals surface area contributed by atoms with Crippen LogP contribution in [0.4, 0.5) is 11.5 Å². The van der Waals surface area contributed by atoms with Crippen LogP contribution >= 0.6 is 0 Å². The fraction of sp³-hybridized carbons (Fsp3) is 0.294. The fourth-order valence-electron chi connectivity index (χ4n) is 2.56. The number of nitrogens with zero attached hydrogens (tertiary/aromatic N) is 4. The number of para-hydroxylation sites is 1. The van der Waals surface area contributed by atoms with Crippen molar-refractivity contribution in [3.05, 3.63) is 42.7 Å². The van der Waals surface area contributed by atoms with Crippen LogP contribution in [0.5, 0.6) is 0 Å². The van der Waals surface area contributed by atoms with E-state index in [1.54, 1.807) is 0 Å². The van der Waals surface area contributed by atoms with Crippen molar-refractivity contribution in [2.75, 3.05) is 30.9 Å². The van der Waals surface area contributed by atoms with Crippen molar-refractivity contribution in [2.24, 2.45) is 0 Å². The standard InChI is InChI=1S/C17H21N5/c1-4-10-18-16-9-11-19-17-14(12-20-22(16)17)13-7-5-6-8-15(13)21(2)3/h5-9,11-12,18H,4,10H2,1-3H3. The third-order valence-electron chi connectivity index (χ3n) is 3.63. The lowest BCUT2D eigenvalue weighted by Crippen LogP contribution is -2.09. The molecular weight excluding hydrogens is 274 g/mol. The minimum absolute atomic E-state index is 0.871. The molecule has 3 rings (SSSR count). The number of rotatable bonds is 5. The molecule has 0 amide bonds. The predicted octanol–water partition coefficient (Wildman–Crippen LogP) is 3.28. The van der Waals surface area contributed by atoms with Gasteiger partial charge in [0.1, 0.15) is 5.82 Å². The molecule has 2 heterocycles. The summed E-state index contributed by atoms with van der Waals surface area (Å²) in [5.74, 6) is 0.973. The molecule has 0 atom stereocenters. The summed E-state index contributed by atoms with van der Waals surface area (Å²) in [6.07, 6.45) is 4.79. The third-order valence-corrected chi connectivity index (χ3v) is 3.63. The van der Waals surface area contributed by atoms with Gasteiger partial charge in [-0.05, 0) is 18.6 Å². The number of nitrogens with one attached hydrogen (secondary N) is 1. The van der Waals surface area contributed by atoms with E-state index in [1.165, 1.54) is 0 Å². The van der Waals surface area contributed by atoms with Gasteiger partial charge in [0, 0.05) is 43.7 Å². The molecule has 0 aliphatic carbocycles. The Morgan fingerprint density at radius 2 is 1.95 bits per heavy atom. The molecule has 3 aromatic rings. The highest BCUT2D eigenvalue weighted by Gasteiger charge is 2.14. The van der Waals surface area contributed by atoms with Crippen molar-refractivity contribution >= 4 is 17.2 Å². The van der Waals surface area contributed by atoms with E-state index in [0.717, 1.165) is 41.2 Å². The third kappa shape index (κ3) is 2.50. The number of benzene rings is 1. The van der Waals surface area contributed by atoms with Crippen molar-refractivity contribution in [1.82, 2.24) is 14.6 Å². The minimum atomic E-state index is 0.871. The molecule has 0 spiro atoms. The molecule has 0 aliphatic rings. The summed E-state index contributed by atoms with van der Waals surface area (Å²) in [4.78, 5) is 6.64. The first-order valence-electron chi connectivity index (χ1n) is 7.55. The van der Waals surface area contributed by atoms with Crippen LogP contribution < -0.4 is 10.2 Å². The molecule has 114 valence electrons. The molecular formula is C17H21N5. The highest BCUT2D eigenvalue weighted by molar-refractivity contribution is 5.86. The molecule has 1 N–H and O–H groups in total. The monoisotopic (exact) mass is 295 g/mol. The van der Waals surface area contributed by atoms with Gasteiger partial charge in [-0.2, -0.15) is 9.61 Å². The zero-order valence-electron chi connectivity index (χ0n) is 13.2. The molecule has 5 nitrogen and oxygen atoms in total. The van der Waals surface area contributed by atoms with Crippen LogP contribution in [0.3, 0.4) is 0 Å². The van der Waals surface area contributed by atoms with E-state index in [1.807, 2.05) is 49.2 Å². The van der Waals surface area contributed by atoms with Crippen LogP contribution in [-0.4, -0.2) is 35.2 Å². The maximum absolute atomic E-state index is 4.53. The van der Waals surface area contributed by atoms with E-state index in [2.05, 4.69) is 39.4 Å². The van der Waals surface area contributed by atoms with Gasteiger partial charge in [0.15, 0.2) is 5.65 Å². The number of anilines is 2. The fourth-order valence-corrected chi connectivity index (χ4v) is 2.56. The minimum Gasteiger partial charge on any atom is -0.377 e. The van der Waals surface area contributed by atoms with Crippen LogP contribution in [0.2, 0.25) is 0 Å². The summed E-state index contributed by atoms with van der Waals surface area (Å²) in [7, 11) is 4.10. The SMILES string of the molecule is CCCNc1ccnc2c(-c3ccccc3N(C)C)cnn12. The second-order valence-corrected chi connectivity index (χ2v) is 5.46. The second kappa shape index (κ2) is 6.05. The number of hydrogen-bond acceptors (Lipinski definition) is 4. The van der Waals surface area contributed by atoms with Crippen LogP contribution in [0.1, 0.15) is 13.3 Å². The van der Waals surface area contributed by atoms with Crippen LogP contribution in [-0.2, 0) is 0 Å². The molecule has 1 aromatic carbocycles. The second-order valence-electron chi connectivity index (χ2n) is 5.46. The maximum atomic E-state index is 4.53. The van der Waals surface area contributed by atoms with E-state index < -0.39 is 0 Å². The quantitative estimate of drug-likeness (QED) is 0.784. The van der Waals surface area contributed by atoms with Crippen LogP contribution in [0.25, 0.3) is 16.8 Å². The Bertz CT molecular complexity index is 776. The molecule has 22 heavy (non-hydrogen) atoms. The van der Waals surface area contributed by atoms with E-state index >= 15 is 0 Å². The summed E-state index contributed by atoms with van der Waals surface area (Å²) in [6.45, 7) is 3.07. The van der Waals surface area contributed by atoms with Gasteiger partial charge in [-0.3, -0.25) is 0 Å². The molecule has 0 saturated heterocycles. The van der Waals surface area contributed by atoms with Gasteiger partial charge >= 0.3 is 0 Å². The van der Waals surface area contributed by atoms with Gasteiger partial charge < -0.3 is 10.2 Å². The normalized spacial score (nSPS) is 10.9. The first-order chi connectivity index (χ1) is 10.7. The Labute approximate surface area is 130 Å². The van der Waals surface area contributed by atoms with Gasteiger partial charge in [-0.25, -0.2) is 4.98 Å². The number of hydrogen-bond donors (Lipinski definition) is 1. The van der Waals surface area contributed by atoms with E-state index in [4.69, 9.17) is 0 Å². The Balaban J connectivity index is 2.13. The van der Waals surface area contributed by atoms with Crippen molar-refractivity contribution in [2.45, 2.75) is 13.3 Å². The summed E-state index contributed by atoms with van der Waals surface area (Å²) in [6, 6.07) is 10.3. The molecule has 0 aliphatic heterocycles. The van der Waals surface area contributed by atoms with Crippen LogP contribution in [0.15, 0.2) is 42.7 Å². The first kappa shape index (κ1) is 14.4. The molecule has 0 saturated carbocycles. The Morgan fingerprint density at radius 3 is 2.73 bits per heavy atom. The molecule has 0 fully saturated rings. The zero-order chi connectivity index (χ0) is 15.5. The van der Waals surface area contributed by atoms with Gasteiger partial charge in [-0.15, -0.1) is 0 Å². The van der Waals surface area contributed by atoms with E-state index in [9.17, 15) is 0 Å².